The molecule has 2 aromatic rings. The van der Waals surface area contributed by atoms with Gasteiger partial charge in [-0.3, -0.25) is 4.79 Å². The van der Waals surface area contributed by atoms with E-state index in [1.165, 1.54) is 5.56 Å². The standard InChI is InChI=1S/C18H20O3/c1-13(2)15-5-7-16(8-6-15)18(20)12-21-17-9-3-14(11-19)4-10-17/h3-10,13,19H,11-12H2,1-2H3. The zero-order valence-corrected chi connectivity index (χ0v) is 12.4. The summed E-state index contributed by atoms with van der Waals surface area (Å²) in [6.07, 6.45) is 0. The number of aliphatic hydroxyl groups excluding tert-OH is 1. The van der Waals surface area contributed by atoms with Crippen LogP contribution in [0.3, 0.4) is 0 Å². The van der Waals surface area contributed by atoms with Crippen LogP contribution in [0.5, 0.6) is 5.75 Å². The summed E-state index contributed by atoms with van der Waals surface area (Å²) in [4.78, 5) is 12.1. The van der Waals surface area contributed by atoms with E-state index in [4.69, 9.17) is 9.84 Å². The summed E-state index contributed by atoms with van der Waals surface area (Å²) in [5, 5.41) is 8.96. The molecule has 110 valence electrons. The van der Waals surface area contributed by atoms with Gasteiger partial charge in [0.05, 0.1) is 6.61 Å². The Morgan fingerprint density at radius 3 is 2.19 bits per heavy atom. The Morgan fingerprint density at radius 1 is 1.05 bits per heavy atom. The normalized spacial score (nSPS) is 10.7. The summed E-state index contributed by atoms with van der Waals surface area (Å²) >= 11 is 0. The topological polar surface area (TPSA) is 46.5 Å². The monoisotopic (exact) mass is 284 g/mol. The number of hydrogen-bond donors (Lipinski definition) is 1. The average Bonchev–Trinajstić information content (AvgIpc) is 2.53. The third-order valence-corrected chi connectivity index (χ3v) is 3.38. The molecule has 0 spiro atoms. The summed E-state index contributed by atoms with van der Waals surface area (Å²) in [6, 6.07) is 14.7. The van der Waals surface area contributed by atoms with Crippen LogP contribution in [-0.4, -0.2) is 17.5 Å². The molecule has 0 bridgehead atoms. The van der Waals surface area contributed by atoms with Gasteiger partial charge in [-0.15, -0.1) is 0 Å². The minimum Gasteiger partial charge on any atom is -0.485 e. The largest absolute Gasteiger partial charge is 0.485 e. The lowest BCUT2D eigenvalue weighted by molar-refractivity contribution is 0.0921. The molecule has 0 saturated heterocycles. The summed E-state index contributed by atoms with van der Waals surface area (Å²) in [5.74, 6) is 1.03. The maximum atomic E-state index is 12.1. The highest BCUT2D eigenvalue weighted by Crippen LogP contribution is 2.16. The van der Waals surface area contributed by atoms with Crippen molar-refractivity contribution in [1.82, 2.24) is 0 Å². The van der Waals surface area contributed by atoms with E-state index < -0.39 is 0 Å². The lowest BCUT2D eigenvalue weighted by Crippen LogP contribution is -2.11. The molecule has 0 aliphatic heterocycles. The molecule has 0 aromatic heterocycles. The van der Waals surface area contributed by atoms with Crippen LogP contribution >= 0.6 is 0 Å². The van der Waals surface area contributed by atoms with Gasteiger partial charge in [-0.05, 0) is 29.2 Å². The predicted octanol–water partition coefficient (Wildman–Crippen LogP) is 3.56. The quantitative estimate of drug-likeness (QED) is 0.825. The van der Waals surface area contributed by atoms with Gasteiger partial charge in [0.15, 0.2) is 12.4 Å². The molecule has 3 nitrogen and oxygen atoms in total. The zero-order chi connectivity index (χ0) is 15.2. The number of carbonyl (C=O) groups is 1. The van der Waals surface area contributed by atoms with Crippen molar-refractivity contribution in [3.63, 3.8) is 0 Å². The molecule has 0 heterocycles. The third-order valence-electron chi connectivity index (χ3n) is 3.38. The summed E-state index contributed by atoms with van der Waals surface area (Å²) in [7, 11) is 0. The van der Waals surface area contributed by atoms with Crippen molar-refractivity contribution in [2.75, 3.05) is 6.61 Å². The van der Waals surface area contributed by atoms with Crippen molar-refractivity contribution in [2.45, 2.75) is 26.4 Å². The maximum Gasteiger partial charge on any atom is 0.200 e. The molecule has 0 aliphatic carbocycles. The van der Waals surface area contributed by atoms with Crippen LogP contribution in [0, 0.1) is 0 Å². The van der Waals surface area contributed by atoms with E-state index in [9.17, 15) is 4.79 Å². The van der Waals surface area contributed by atoms with Crippen molar-refractivity contribution in [3.8, 4) is 5.75 Å². The first-order valence-corrected chi connectivity index (χ1v) is 7.06. The molecule has 2 rings (SSSR count). The van der Waals surface area contributed by atoms with Crippen LogP contribution in [0.15, 0.2) is 48.5 Å². The molecule has 3 heteroatoms. The Labute approximate surface area is 125 Å². The zero-order valence-electron chi connectivity index (χ0n) is 12.4. The van der Waals surface area contributed by atoms with E-state index in [0.717, 1.165) is 5.56 Å². The van der Waals surface area contributed by atoms with Gasteiger partial charge in [0.1, 0.15) is 5.75 Å². The highest BCUT2D eigenvalue weighted by atomic mass is 16.5. The van der Waals surface area contributed by atoms with Crippen LogP contribution in [0.2, 0.25) is 0 Å². The van der Waals surface area contributed by atoms with Gasteiger partial charge in [0.2, 0.25) is 0 Å². The van der Waals surface area contributed by atoms with Gasteiger partial charge in [0.25, 0.3) is 0 Å². The number of ketones is 1. The lowest BCUT2D eigenvalue weighted by Gasteiger charge is -2.08. The fourth-order valence-electron chi connectivity index (χ4n) is 1.98. The van der Waals surface area contributed by atoms with Gasteiger partial charge < -0.3 is 9.84 Å². The first kappa shape index (κ1) is 15.3. The Morgan fingerprint density at radius 2 is 1.67 bits per heavy atom. The Kier molecular flexibility index (Phi) is 5.12. The number of carbonyl (C=O) groups excluding carboxylic acids is 1. The fraction of sp³-hybridized carbons (Fsp3) is 0.278. The van der Waals surface area contributed by atoms with Gasteiger partial charge in [-0.25, -0.2) is 0 Å². The Hall–Kier alpha value is -2.13. The van der Waals surface area contributed by atoms with Crippen LogP contribution in [0.1, 0.15) is 41.3 Å². The van der Waals surface area contributed by atoms with Crippen LogP contribution in [0.25, 0.3) is 0 Å². The molecule has 0 amide bonds. The first-order chi connectivity index (χ1) is 10.1. The Bertz CT molecular complexity index is 583. The fourth-order valence-corrected chi connectivity index (χ4v) is 1.98. The minimum absolute atomic E-state index is 0.00140. The maximum absolute atomic E-state index is 12.1. The van der Waals surface area contributed by atoms with Crippen LogP contribution in [-0.2, 0) is 6.61 Å². The van der Waals surface area contributed by atoms with Crippen molar-refractivity contribution >= 4 is 5.78 Å². The predicted molar refractivity (Wildman–Crippen MR) is 82.7 cm³/mol. The molecule has 0 unspecified atom stereocenters. The molecular formula is C18H20O3. The third kappa shape index (κ3) is 4.17. The SMILES string of the molecule is CC(C)c1ccc(C(=O)COc2ccc(CO)cc2)cc1. The molecule has 0 saturated carbocycles. The van der Waals surface area contributed by atoms with Gasteiger partial charge >= 0.3 is 0 Å². The first-order valence-electron chi connectivity index (χ1n) is 7.06. The second-order valence-electron chi connectivity index (χ2n) is 5.29. The number of benzene rings is 2. The lowest BCUT2D eigenvalue weighted by atomic mass is 10.0. The molecule has 0 atom stereocenters. The molecule has 0 radical (unpaired) electrons. The molecule has 21 heavy (non-hydrogen) atoms. The number of Topliss-reactive ketones (excluding diaryl/α,β-unsaturated/α-hetero) is 1. The van der Waals surface area contributed by atoms with E-state index in [1.807, 2.05) is 24.3 Å². The van der Waals surface area contributed by atoms with Gasteiger partial charge in [-0.1, -0.05) is 50.2 Å². The van der Waals surface area contributed by atoms with Crippen LogP contribution < -0.4 is 4.74 Å². The molecule has 0 fully saturated rings. The molecule has 1 N–H and O–H groups in total. The summed E-state index contributed by atoms with van der Waals surface area (Å²) in [6.45, 7) is 4.26. The summed E-state index contributed by atoms with van der Waals surface area (Å²) in [5.41, 5.74) is 2.69. The average molecular weight is 284 g/mol. The Balaban J connectivity index is 1.94. The molecule has 0 aliphatic rings. The number of hydrogen-bond acceptors (Lipinski definition) is 3. The smallest absolute Gasteiger partial charge is 0.200 e. The minimum atomic E-state index is -0.0449. The van der Waals surface area contributed by atoms with Crippen molar-refractivity contribution < 1.29 is 14.6 Å². The second kappa shape index (κ2) is 7.04. The second-order valence-corrected chi connectivity index (χ2v) is 5.29. The van der Waals surface area contributed by atoms with E-state index in [2.05, 4.69) is 13.8 Å². The van der Waals surface area contributed by atoms with E-state index in [1.54, 1.807) is 24.3 Å². The highest BCUT2D eigenvalue weighted by molar-refractivity contribution is 5.97. The number of ether oxygens (including phenoxy) is 1. The summed E-state index contributed by atoms with van der Waals surface area (Å²) < 4.78 is 5.47. The van der Waals surface area contributed by atoms with E-state index in [0.29, 0.717) is 17.2 Å². The van der Waals surface area contributed by atoms with Crippen LogP contribution in [0.4, 0.5) is 0 Å². The van der Waals surface area contributed by atoms with Crippen molar-refractivity contribution in [3.05, 3.63) is 65.2 Å². The van der Waals surface area contributed by atoms with E-state index in [-0.39, 0.29) is 19.0 Å². The van der Waals surface area contributed by atoms with Crippen molar-refractivity contribution in [1.29, 1.82) is 0 Å². The number of aliphatic hydroxyl groups is 1. The molecule has 2 aromatic carbocycles. The van der Waals surface area contributed by atoms with Crippen molar-refractivity contribution in [2.24, 2.45) is 0 Å². The van der Waals surface area contributed by atoms with Gasteiger partial charge in [0, 0.05) is 5.56 Å². The molecular weight excluding hydrogens is 264 g/mol. The van der Waals surface area contributed by atoms with E-state index >= 15 is 0 Å². The van der Waals surface area contributed by atoms with Gasteiger partial charge in [-0.2, -0.15) is 0 Å². The number of rotatable bonds is 6. The highest BCUT2D eigenvalue weighted by Gasteiger charge is 2.08.